The van der Waals surface area contributed by atoms with E-state index in [0.29, 0.717) is 0 Å². The van der Waals surface area contributed by atoms with Gasteiger partial charge in [0.05, 0.1) is 0 Å². The second-order valence-electron chi connectivity index (χ2n) is 5.72. The van der Waals surface area contributed by atoms with Crippen LogP contribution >= 0.6 is 0 Å². The summed E-state index contributed by atoms with van der Waals surface area (Å²) in [7, 11) is 2.28. The molecular formula is C15H32N2. The van der Waals surface area contributed by atoms with Gasteiger partial charge < -0.3 is 10.2 Å². The van der Waals surface area contributed by atoms with Gasteiger partial charge >= 0.3 is 0 Å². The third-order valence-corrected chi connectivity index (χ3v) is 3.89. The van der Waals surface area contributed by atoms with Crippen molar-refractivity contribution in [2.24, 2.45) is 5.92 Å². The van der Waals surface area contributed by atoms with Gasteiger partial charge in [-0.05, 0) is 38.8 Å². The molecule has 2 heteroatoms. The van der Waals surface area contributed by atoms with Crippen LogP contribution < -0.4 is 5.32 Å². The molecule has 0 spiro atoms. The standard InChI is InChI=1S/C15H32N2/c1-3-11-16-12-13-17(2)14-15-9-7-5-4-6-8-10-15/h15-16H,3-14H2,1-2H3. The van der Waals surface area contributed by atoms with Gasteiger partial charge in [0.25, 0.3) is 0 Å². The van der Waals surface area contributed by atoms with Crippen LogP contribution in [0.5, 0.6) is 0 Å². The number of nitrogens with zero attached hydrogens (tertiary/aromatic N) is 1. The van der Waals surface area contributed by atoms with Crippen LogP contribution in [0.25, 0.3) is 0 Å². The Hall–Kier alpha value is -0.0800. The molecule has 0 aromatic carbocycles. The van der Waals surface area contributed by atoms with E-state index in [-0.39, 0.29) is 0 Å². The summed E-state index contributed by atoms with van der Waals surface area (Å²) in [5.74, 6) is 0.964. The largest absolute Gasteiger partial charge is 0.315 e. The van der Waals surface area contributed by atoms with Crippen molar-refractivity contribution in [1.82, 2.24) is 10.2 Å². The predicted octanol–water partition coefficient (Wildman–Crippen LogP) is 3.28. The molecule has 0 aromatic rings. The molecule has 0 saturated heterocycles. The molecular weight excluding hydrogens is 208 g/mol. The molecule has 2 nitrogen and oxygen atoms in total. The van der Waals surface area contributed by atoms with Gasteiger partial charge in [-0.1, -0.05) is 39.0 Å². The average molecular weight is 240 g/mol. The Morgan fingerprint density at radius 3 is 2.29 bits per heavy atom. The topological polar surface area (TPSA) is 15.3 Å². The molecule has 0 bridgehead atoms. The van der Waals surface area contributed by atoms with E-state index in [2.05, 4.69) is 24.2 Å². The van der Waals surface area contributed by atoms with Crippen molar-refractivity contribution < 1.29 is 0 Å². The van der Waals surface area contributed by atoms with Crippen LogP contribution in [0.15, 0.2) is 0 Å². The van der Waals surface area contributed by atoms with Gasteiger partial charge in [-0.2, -0.15) is 0 Å². The molecule has 0 aromatic heterocycles. The smallest absolute Gasteiger partial charge is 0.0104 e. The lowest BCUT2D eigenvalue weighted by molar-refractivity contribution is 0.244. The fourth-order valence-corrected chi connectivity index (χ4v) is 2.83. The van der Waals surface area contributed by atoms with Crippen LogP contribution in [-0.4, -0.2) is 38.1 Å². The number of hydrogen-bond donors (Lipinski definition) is 1. The highest BCUT2D eigenvalue weighted by Gasteiger charge is 2.13. The van der Waals surface area contributed by atoms with E-state index in [1.54, 1.807) is 0 Å². The summed E-state index contributed by atoms with van der Waals surface area (Å²) in [6.45, 7) is 7.06. The first-order valence-electron chi connectivity index (χ1n) is 7.72. The summed E-state index contributed by atoms with van der Waals surface area (Å²) in [5.41, 5.74) is 0. The summed E-state index contributed by atoms with van der Waals surface area (Å²) in [5, 5.41) is 3.48. The fourth-order valence-electron chi connectivity index (χ4n) is 2.83. The first-order valence-corrected chi connectivity index (χ1v) is 7.72. The molecule has 0 atom stereocenters. The normalized spacial score (nSPS) is 19.2. The van der Waals surface area contributed by atoms with Crippen LogP contribution in [0.2, 0.25) is 0 Å². The minimum atomic E-state index is 0.964. The van der Waals surface area contributed by atoms with Crippen LogP contribution in [0.3, 0.4) is 0 Å². The van der Waals surface area contributed by atoms with Gasteiger partial charge in [0.15, 0.2) is 0 Å². The highest BCUT2D eigenvalue weighted by molar-refractivity contribution is 4.67. The van der Waals surface area contributed by atoms with Gasteiger partial charge in [-0.3, -0.25) is 0 Å². The van der Waals surface area contributed by atoms with E-state index < -0.39 is 0 Å². The molecule has 0 aliphatic heterocycles. The summed E-state index contributed by atoms with van der Waals surface area (Å²) in [6.07, 6.45) is 11.5. The lowest BCUT2D eigenvalue weighted by Crippen LogP contribution is -2.33. The molecule has 1 saturated carbocycles. The number of hydrogen-bond acceptors (Lipinski definition) is 2. The maximum absolute atomic E-state index is 3.48. The maximum Gasteiger partial charge on any atom is 0.0104 e. The molecule has 0 radical (unpaired) electrons. The third kappa shape index (κ3) is 7.77. The molecule has 17 heavy (non-hydrogen) atoms. The second kappa shape index (κ2) is 9.90. The van der Waals surface area contributed by atoms with Crippen LogP contribution in [0.1, 0.15) is 58.3 Å². The van der Waals surface area contributed by atoms with Gasteiger partial charge in [0.2, 0.25) is 0 Å². The molecule has 1 fully saturated rings. The molecule has 102 valence electrons. The quantitative estimate of drug-likeness (QED) is 0.687. The highest BCUT2D eigenvalue weighted by atomic mass is 15.1. The average Bonchev–Trinajstić information content (AvgIpc) is 2.28. The van der Waals surface area contributed by atoms with Gasteiger partial charge in [-0.25, -0.2) is 0 Å². The van der Waals surface area contributed by atoms with Crippen molar-refractivity contribution in [1.29, 1.82) is 0 Å². The van der Waals surface area contributed by atoms with Crippen molar-refractivity contribution in [3.05, 3.63) is 0 Å². The van der Waals surface area contributed by atoms with Crippen LogP contribution in [0.4, 0.5) is 0 Å². The Kier molecular flexibility index (Phi) is 8.72. The Morgan fingerprint density at radius 2 is 1.65 bits per heavy atom. The van der Waals surface area contributed by atoms with E-state index in [4.69, 9.17) is 0 Å². The van der Waals surface area contributed by atoms with Gasteiger partial charge in [-0.15, -0.1) is 0 Å². The van der Waals surface area contributed by atoms with Gasteiger partial charge in [0.1, 0.15) is 0 Å². The van der Waals surface area contributed by atoms with E-state index in [1.165, 1.54) is 64.5 Å². The lowest BCUT2D eigenvalue weighted by atomic mass is 9.91. The molecule has 1 aliphatic rings. The molecule has 0 amide bonds. The van der Waals surface area contributed by atoms with E-state index in [0.717, 1.165) is 19.0 Å². The molecule has 1 rings (SSSR count). The monoisotopic (exact) mass is 240 g/mol. The number of nitrogens with one attached hydrogen (secondary N) is 1. The molecule has 0 heterocycles. The summed E-state index contributed by atoms with van der Waals surface area (Å²) >= 11 is 0. The van der Waals surface area contributed by atoms with E-state index in [9.17, 15) is 0 Å². The highest BCUT2D eigenvalue weighted by Crippen LogP contribution is 2.22. The minimum absolute atomic E-state index is 0.964. The Bertz CT molecular complexity index is 162. The number of likely N-dealkylation sites (N-methyl/N-ethyl adjacent to an activating group) is 1. The van der Waals surface area contributed by atoms with Gasteiger partial charge in [0, 0.05) is 19.6 Å². The van der Waals surface area contributed by atoms with Crippen molar-refractivity contribution in [2.45, 2.75) is 58.3 Å². The second-order valence-corrected chi connectivity index (χ2v) is 5.72. The van der Waals surface area contributed by atoms with Crippen molar-refractivity contribution in [2.75, 3.05) is 33.2 Å². The van der Waals surface area contributed by atoms with Crippen molar-refractivity contribution in [3.8, 4) is 0 Å². The SMILES string of the molecule is CCCNCCN(C)CC1CCCCCCC1. The third-order valence-electron chi connectivity index (χ3n) is 3.89. The zero-order chi connectivity index (χ0) is 12.3. The lowest BCUT2D eigenvalue weighted by Gasteiger charge is -2.25. The predicted molar refractivity (Wildman–Crippen MR) is 76.5 cm³/mol. The summed E-state index contributed by atoms with van der Waals surface area (Å²) in [6, 6.07) is 0. The van der Waals surface area contributed by atoms with Crippen molar-refractivity contribution >= 4 is 0 Å². The Balaban J connectivity index is 2.08. The summed E-state index contributed by atoms with van der Waals surface area (Å²) in [4.78, 5) is 2.52. The zero-order valence-corrected chi connectivity index (χ0v) is 12.0. The van der Waals surface area contributed by atoms with Crippen molar-refractivity contribution in [3.63, 3.8) is 0 Å². The maximum atomic E-state index is 3.48. The Labute approximate surface area is 108 Å². The van der Waals surface area contributed by atoms with Crippen LogP contribution in [0, 0.1) is 5.92 Å². The molecule has 1 aliphatic carbocycles. The molecule has 0 unspecified atom stereocenters. The van der Waals surface area contributed by atoms with Crippen LogP contribution in [-0.2, 0) is 0 Å². The zero-order valence-electron chi connectivity index (χ0n) is 12.0. The minimum Gasteiger partial charge on any atom is -0.315 e. The molecule has 1 N–H and O–H groups in total. The van der Waals surface area contributed by atoms with E-state index >= 15 is 0 Å². The fraction of sp³-hybridized carbons (Fsp3) is 1.00. The summed E-state index contributed by atoms with van der Waals surface area (Å²) < 4.78 is 0. The number of rotatable bonds is 7. The Morgan fingerprint density at radius 1 is 1.00 bits per heavy atom. The first-order chi connectivity index (χ1) is 8.33. The first kappa shape index (κ1) is 15.0. The van der Waals surface area contributed by atoms with E-state index in [1.807, 2.05) is 0 Å².